The molecule has 0 aromatic rings. The van der Waals surface area contributed by atoms with Gasteiger partial charge >= 0.3 is 0 Å². The van der Waals surface area contributed by atoms with Crippen LogP contribution in [0.4, 0.5) is 0 Å². The number of aliphatic hydroxyl groups is 4. The summed E-state index contributed by atoms with van der Waals surface area (Å²) >= 11 is 0. The van der Waals surface area contributed by atoms with Crippen molar-refractivity contribution in [1.29, 1.82) is 0 Å². The normalized spacial score (nSPS) is 27.2. The van der Waals surface area contributed by atoms with Gasteiger partial charge in [0, 0.05) is 0 Å². The van der Waals surface area contributed by atoms with E-state index in [1.54, 1.807) is 0 Å². The van der Waals surface area contributed by atoms with Crippen molar-refractivity contribution < 1.29 is 29.9 Å². The highest BCUT2D eigenvalue weighted by Crippen LogP contribution is 2.14. The molecule has 84 valence electrons. The van der Waals surface area contributed by atoms with Crippen molar-refractivity contribution in [1.82, 2.24) is 0 Å². The molecule has 0 aromatic carbocycles. The number of rotatable bonds is 4. The van der Waals surface area contributed by atoms with Crippen LogP contribution in [0.1, 0.15) is 6.92 Å². The van der Waals surface area contributed by atoms with Gasteiger partial charge in [0.15, 0.2) is 6.29 Å². The Morgan fingerprint density at radius 1 is 1.00 bits per heavy atom. The van der Waals surface area contributed by atoms with E-state index in [9.17, 15) is 15.3 Å². The molecule has 1 heterocycles. The van der Waals surface area contributed by atoms with Crippen molar-refractivity contribution in [2.75, 3.05) is 13.2 Å². The van der Waals surface area contributed by atoms with Crippen LogP contribution in [0.25, 0.3) is 0 Å². The van der Waals surface area contributed by atoms with Crippen LogP contribution in [0.5, 0.6) is 0 Å². The predicted octanol–water partition coefficient (Wildman–Crippen LogP) is -2.18. The Bertz CT molecular complexity index is 161. The summed E-state index contributed by atoms with van der Waals surface area (Å²) in [5.74, 6) is 0. The number of ether oxygens (including phenoxy) is 2. The maximum absolute atomic E-state index is 9.47. The monoisotopic (exact) mass is 208 g/mol. The third-order valence-electron chi connectivity index (χ3n) is 2.12. The number of hydrogen-bond donors (Lipinski definition) is 4. The largest absolute Gasteiger partial charge is 0.391 e. The molecule has 0 bridgehead atoms. The molecule has 4 atom stereocenters. The molecule has 1 aliphatic heterocycles. The topological polar surface area (TPSA) is 99.4 Å². The molecule has 0 unspecified atom stereocenters. The molecule has 1 rings (SSSR count). The van der Waals surface area contributed by atoms with E-state index in [1.165, 1.54) is 6.92 Å². The highest BCUT2D eigenvalue weighted by molar-refractivity contribution is 4.81. The van der Waals surface area contributed by atoms with Crippen LogP contribution in [-0.2, 0) is 9.47 Å². The van der Waals surface area contributed by atoms with Gasteiger partial charge in [-0.15, -0.1) is 0 Å². The first-order valence-corrected chi connectivity index (χ1v) is 4.49. The van der Waals surface area contributed by atoms with Gasteiger partial charge in [-0.05, 0) is 6.92 Å². The molecule has 14 heavy (non-hydrogen) atoms. The minimum atomic E-state index is -1.49. The molecule has 1 fully saturated rings. The van der Waals surface area contributed by atoms with E-state index in [2.05, 4.69) is 0 Å². The molecule has 0 aromatic heterocycles. The quantitative estimate of drug-likeness (QED) is 0.419. The van der Waals surface area contributed by atoms with Crippen LogP contribution >= 0.6 is 0 Å². The zero-order valence-electron chi connectivity index (χ0n) is 7.91. The lowest BCUT2D eigenvalue weighted by Crippen LogP contribution is -2.48. The molecule has 0 saturated carbocycles. The molecule has 4 N–H and O–H groups in total. The van der Waals surface area contributed by atoms with Gasteiger partial charge in [-0.2, -0.15) is 0 Å². The summed E-state index contributed by atoms with van der Waals surface area (Å²) < 4.78 is 9.88. The lowest BCUT2D eigenvalue weighted by molar-refractivity contribution is -0.185. The zero-order chi connectivity index (χ0) is 10.7. The summed E-state index contributed by atoms with van der Waals surface area (Å²) in [6, 6.07) is 0. The second-order valence-electron chi connectivity index (χ2n) is 3.32. The van der Waals surface area contributed by atoms with E-state index < -0.39 is 30.7 Å². The minimum absolute atomic E-state index is 0.346. The molecular formula is C8H16O6. The van der Waals surface area contributed by atoms with Crippen LogP contribution in [0.3, 0.4) is 0 Å². The van der Waals surface area contributed by atoms with Crippen molar-refractivity contribution in [3.8, 4) is 0 Å². The Kier molecular flexibility index (Phi) is 4.24. The molecule has 0 radical (unpaired) electrons. The Morgan fingerprint density at radius 3 is 1.93 bits per heavy atom. The van der Waals surface area contributed by atoms with Gasteiger partial charge in [-0.25, -0.2) is 0 Å². The number of aliphatic hydroxyl groups excluding tert-OH is 4. The predicted molar refractivity (Wildman–Crippen MR) is 45.4 cm³/mol. The van der Waals surface area contributed by atoms with E-state index >= 15 is 0 Å². The van der Waals surface area contributed by atoms with Crippen LogP contribution in [0.15, 0.2) is 0 Å². The van der Waals surface area contributed by atoms with Crippen molar-refractivity contribution in [2.24, 2.45) is 0 Å². The van der Waals surface area contributed by atoms with E-state index in [1.807, 2.05) is 0 Å². The van der Waals surface area contributed by atoms with Gasteiger partial charge in [0.1, 0.15) is 18.3 Å². The molecule has 0 amide bonds. The van der Waals surface area contributed by atoms with E-state index in [0.29, 0.717) is 13.2 Å². The summed E-state index contributed by atoms with van der Waals surface area (Å²) in [6.45, 7) is 2.01. The van der Waals surface area contributed by atoms with Gasteiger partial charge in [-0.1, -0.05) is 0 Å². The Labute approximate surface area is 81.7 Å². The Balaban J connectivity index is 2.45. The minimum Gasteiger partial charge on any atom is -0.391 e. The summed E-state index contributed by atoms with van der Waals surface area (Å²) in [7, 11) is 0. The highest BCUT2D eigenvalue weighted by Gasteiger charge is 2.36. The molecule has 6 heteroatoms. The standard InChI is InChI=1S/C8H16O6/c1-4(9)5(10)6(11)7(12)8-13-2-3-14-8/h4-12H,2-3H2,1H3/t4-,5+,6+,7-/m0/s1. The third-order valence-corrected chi connectivity index (χ3v) is 2.12. The lowest BCUT2D eigenvalue weighted by Gasteiger charge is -2.27. The fourth-order valence-electron chi connectivity index (χ4n) is 1.22. The molecular weight excluding hydrogens is 192 g/mol. The fourth-order valence-corrected chi connectivity index (χ4v) is 1.22. The van der Waals surface area contributed by atoms with Gasteiger partial charge in [0.2, 0.25) is 0 Å². The van der Waals surface area contributed by atoms with Crippen molar-refractivity contribution in [3.63, 3.8) is 0 Å². The molecule has 0 spiro atoms. The van der Waals surface area contributed by atoms with E-state index in [4.69, 9.17) is 14.6 Å². The van der Waals surface area contributed by atoms with Gasteiger partial charge in [0.25, 0.3) is 0 Å². The molecule has 1 aliphatic rings. The average molecular weight is 208 g/mol. The van der Waals surface area contributed by atoms with Crippen molar-refractivity contribution >= 4 is 0 Å². The smallest absolute Gasteiger partial charge is 0.186 e. The van der Waals surface area contributed by atoms with Crippen molar-refractivity contribution in [3.05, 3.63) is 0 Å². The maximum Gasteiger partial charge on any atom is 0.186 e. The van der Waals surface area contributed by atoms with Crippen LogP contribution in [0.2, 0.25) is 0 Å². The summed E-state index contributed by atoms with van der Waals surface area (Å²) in [4.78, 5) is 0. The summed E-state index contributed by atoms with van der Waals surface area (Å²) in [5.41, 5.74) is 0. The fraction of sp³-hybridized carbons (Fsp3) is 1.00. The van der Waals surface area contributed by atoms with Gasteiger partial charge in [0.05, 0.1) is 19.3 Å². The molecule has 1 saturated heterocycles. The summed E-state index contributed by atoms with van der Waals surface area (Å²) in [6.07, 6.45) is -6.32. The first-order valence-electron chi connectivity index (χ1n) is 4.49. The van der Waals surface area contributed by atoms with Crippen LogP contribution < -0.4 is 0 Å². The van der Waals surface area contributed by atoms with E-state index in [0.717, 1.165) is 0 Å². The number of hydrogen-bond acceptors (Lipinski definition) is 6. The zero-order valence-corrected chi connectivity index (χ0v) is 7.91. The second-order valence-corrected chi connectivity index (χ2v) is 3.32. The second kappa shape index (κ2) is 5.01. The SMILES string of the molecule is C[C@H](O)[C@@H](O)[C@@H](O)[C@H](O)C1OCCO1. The third kappa shape index (κ3) is 2.63. The van der Waals surface area contributed by atoms with Gasteiger partial charge < -0.3 is 29.9 Å². The first-order chi connectivity index (χ1) is 6.54. The molecule has 0 aliphatic carbocycles. The van der Waals surface area contributed by atoms with Crippen LogP contribution in [-0.4, -0.2) is 64.3 Å². The van der Waals surface area contributed by atoms with Crippen molar-refractivity contribution in [2.45, 2.75) is 37.6 Å². The Morgan fingerprint density at radius 2 is 1.50 bits per heavy atom. The molecule has 6 nitrogen and oxygen atoms in total. The maximum atomic E-state index is 9.47. The first kappa shape index (κ1) is 11.8. The van der Waals surface area contributed by atoms with Crippen LogP contribution in [0, 0.1) is 0 Å². The highest BCUT2D eigenvalue weighted by atomic mass is 16.7. The summed E-state index contributed by atoms with van der Waals surface area (Å²) in [5, 5.41) is 37.1. The van der Waals surface area contributed by atoms with E-state index in [-0.39, 0.29) is 0 Å². The lowest BCUT2D eigenvalue weighted by atomic mass is 10.0. The Hall–Kier alpha value is -0.240. The average Bonchev–Trinajstić information content (AvgIpc) is 2.67. The van der Waals surface area contributed by atoms with Gasteiger partial charge in [-0.3, -0.25) is 0 Å².